The van der Waals surface area contributed by atoms with Crippen molar-refractivity contribution in [2.45, 2.75) is 26.9 Å². The lowest BCUT2D eigenvalue weighted by Crippen LogP contribution is -2.12. The first kappa shape index (κ1) is 15.2. The summed E-state index contributed by atoms with van der Waals surface area (Å²) in [5.74, 6) is -0.262. The molecule has 0 bridgehead atoms. The van der Waals surface area contributed by atoms with E-state index in [1.54, 1.807) is 35.7 Å². The SMILES string of the molecule is Cc1cc(C)n2ncc(C(=O)Nc3ccc(C(C)O)cc3)c2n1. The van der Waals surface area contributed by atoms with Crippen LogP contribution in [0.3, 0.4) is 0 Å². The Balaban J connectivity index is 1.89. The van der Waals surface area contributed by atoms with E-state index < -0.39 is 6.10 Å². The summed E-state index contributed by atoms with van der Waals surface area (Å²) >= 11 is 0. The summed E-state index contributed by atoms with van der Waals surface area (Å²) in [6, 6.07) is 8.99. The van der Waals surface area contributed by atoms with Gasteiger partial charge >= 0.3 is 0 Å². The third-order valence-corrected chi connectivity index (χ3v) is 3.67. The highest BCUT2D eigenvalue weighted by molar-refractivity contribution is 6.08. The van der Waals surface area contributed by atoms with Crippen LogP contribution in [0.5, 0.6) is 0 Å². The third-order valence-electron chi connectivity index (χ3n) is 3.67. The molecule has 0 spiro atoms. The van der Waals surface area contributed by atoms with Gasteiger partial charge in [-0.25, -0.2) is 9.50 Å². The monoisotopic (exact) mass is 310 g/mol. The van der Waals surface area contributed by atoms with E-state index in [4.69, 9.17) is 0 Å². The predicted octanol–water partition coefficient (Wildman–Crippen LogP) is 2.65. The van der Waals surface area contributed by atoms with E-state index in [9.17, 15) is 9.90 Å². The molecule has 0 aliphatic heterocycles. The maximum absolute atomic E-state index is 12.5. The molecule has 0 aliphatic carbocycles. The van der Waals surface area contributed by atoms with Crippen molar-refractivity contribution in [3.8, 4) is 0 Å². The minimum Gasteiger partial charge on any atom is -0.389 e. The average molecular weight is 310 g/mol. The molecule has 6 nitrogen and oxygen atoms in total. The van der Waals surface area contributed by atoms with Gasteiger partial charge in [0.15, 0.2) is 5.65 Å². The summed E-state index contributed by atoms with van der Waals surface area (Å²) in [5.41, 5.74) is 4.19. The topological polar surface area (TPSA) is 79.5 Å². The number of aliphatic hydroxyl groups is 1. The van der Waals surface area contributed by atoms with Crippen LogP contribution in [0.25, 0.3) is 5.65 Å². The molecule has 0 saturated heterocycles. The number of aryl methyl sites for hydroxylation is 2. The number of nitrogens with one attached hydrogen (secondary N) is 1. The number of hydrogen-bond donors (Lipinski definition) is 2. The van der Waals surface area contributed by atoms with Crippen LogP contribution in [0.15, 0.2) is 36.5 Å². The zero-order valence-electron chi connectivity index (χ0n) is 13.2. The molecule has 1 amide bonds. The molecule has 2 aromatic heterocycles. The number of fused-ring (bicyclic) bond motifs is 1. The zero-order valence-corrected chi connectivity index (χ0v) is 13.2. The van der Waals surface area contributed by atoms with Crippen molar-refractivity contribution >= 4 is 17.2 Å². The lowest BCUT2D eigenvalue weighted by Gasteiger charge is -2.07. The number of amides is 1. The molecule has 2 heterocycles. The second-order valence-electron chi connectivity index (χ2n) is 5.58. The molecule has 0 fully saturated rings. The molecular formula is C17H18N4O2. The summed E-state index contributed by atoms with van der Waals surface area (Å²) in [4.78, 5) is 16.9. The Labute approximate surface area is 133 Å². The van der Waals surface area contributed by atoms with E-state index in [0.29, 0.717) is 16.9 Å². The van der Waals surface area contributed by atoms with Crippen molar-refractivity contribution in [3.05, 3.63) is 59.0 Å². The molecule has 23 heavy (non-hydrogen) atoms. The molecule has 0 saturated carbocycles. The number of nitrogens with zero attached hydrogens (tertiary/aromatic N) is 3. The maximum atomic E-state index is 12.5. The van der Waals surface area contributed by atoms with Crippen LogP contribution in [0.2, 0.25) is 0 Å². The Morgan fingerprint density at radius 3 is 2.61 bits per heavy atom. The first-order valence-corrected chi connectivity index (χ1v) is 7.37. The van der Waals surface area contributed by atoms with Crippen molar-refractivity contribution < 1.29 is 9.90 Å². The molecule has 118 valence electrons. The number of carbonyl (C=O) groups excluding carboxylic acids is 1. The number of benzene rings is 1. The predicted molar refractivity (Wildman–Crippen MR) is 87.5 cm³/mol. The molecule has 1 aromatic carbocycles. The minimum atomic E-state index is -0.533. The zero-order chi connectivity index (χ0) is 16.6. The van der Waals surface area contributed by atoms with Gasteiger partial charge < -0.3 is 10.4 Å². The highest BCUT2D eigenvalue weighted by Gasteiger charge is 2.15. The molecule has 6 heteroatoms. The average Bonchev–Trinajstić information content (AvgIpc) is 2.91. The van der Waals surface area contributed by atoms with Crippen LogP contribution in [0.1, 0.15) is 40.3 Å². The van der Waals surface area contributed by atoms with Crippen molar-refractivity contribution in [1.29, 1.82) is 0 Å². The molecule has 1 unspecified atom stereocenters. The number of aromatic nitrogens is 3. The molecule has 3 aromatic rings. The number of hydrogen-bond acceptors (Lipinski definition) is 4. The van der Waals surface area contributed by atoms with Crippen molar-refractivity contribution in [2.24, 2.45) is 0 Å². The Morgan fingerprint density at radius 1 is 1.26 bits per heavy atom. The number of anilines is 1. The maximum Gasteiger partial charge on any atom is 0.261 e. The van der Waals surface area contributed by atoms with Gasteiger partial charge in [0.05, 0.1) is 12.3 Å². The number of carbonyl (C=O) groups is 1. The first-order valence-electron chi connectivity index (χ1n) is 7.37. The van der Waals surface area contributed by atoms with Crippen LogP contribution in [-0.4, -0.2) is 25.6 Å². The number of aliphatic hydroxyl groups excluding tert-OH is 1. The molecule has 3 rings (SSSR count). The van der Waals surface area contributed by atoms with Crippen LogP contribution in [-0.2, 0) is 0 Å². The summed E-state index contributed by atoms with van der Waals surface area (Å²) in [5, 5.41) is 16.6. The first-order chi connectivity index (χ1) is 11.0. The lowest BCUT2D eigenvalue weighted by molar-refractivity contribution is 0.102. The van der Waals surface area contributed by atoms with Gasteiger partial charge in [-0.2, -0.15) is 5.10 Å². The Hall–Kier alpha value is -2.73. The Kier molecular flexibility index (Phi) is 3.83. The van der Waals surface area contributed by atoms with Gasteiger partial charge in [0.25, 0.3) is 5.91 Å². The van der Waals surface area contributed by atoms with E-state index in [2.05, 4.69) is 15.4 Å². The van der Waals surface area contributed by atoms with E-state index in [1.165, 1.54) is 6.20 Å². The summed E-state index contributed by atoms with van der Waals surface area (Å²) < 4.78 is 1.65. The van der Waals surface area contributed by atoms with E-state index in [-0.39, 0.29) is 5.91 Å². The van der Waals surface area contributed by atoms with E-state index in [1.807, 2.05) is 19.9 Å². The molecular weight excluding hydrogens is 292 g/mol. The second-order valence-corrected chi connectivity index (χ2v) is 5.58. The number of rotatable bonds is 3. The van der Waals surface area contributed by atoms with Crippen LogP contribution in [0, 0.1) is 13.8 Å². The van der Waals surface area contributed by atoms with Crippen molar-refractivity contribution in [3.63, 3.8) is 0 Å². The normalized spacial score (nSPS) is 12.3. The Bertz CT molecular complexity index is 866. The van der Waals surface area contributed by atoms with Gasteiger partial charge in [-0.1, -0.05) is 12.1 Å². The molecule has 2 N–H and O–H groups in total. The fraction of sp³-hybridized carbons (Fsp3) is 0.235. The summed E-state index contributed by atoms with van der Waals surface area (Å²) in [6.45, 7) is 5.50. The Morgan fingerprint density at radius 2 is 1.96 bits per heavy atom. The van der Waals surface area contributed by atoms with Crippen molar-refractivity contribution in [2.75, 3.05) is 5.32 Å². The molecule has 0 aliphatic rings. The smallest absolute Gasteiger partial charge is 0.261 e. The van der Waals surface area contributed by atoms with Crippen LogP contribution < -0.4 is 5.32 Å². The van der Waals surface area contributed by atoms with E-state index in [0.717, 1.165) is 17.0 Å². The fourth-order valence-corrected chi connectivity index (χ4v) is 2.47. The van der Waals surface area contributed by atoms with Gasteiger partial charge in [0.1, 0.15) is 5.56 Å². The van der Waals surface area contributed by atoms with E-state index >= 15 is 0 Å². The third kappa shape index (κ3) is 2.93. The molecule has 1 atom stereocenters. The van der Waals surface area contributed by atoms with Gasteiger partial charge in [-0.3, -0.25) is 4.79 Å². The van der Waals surface area contributed by atoms with Crippen LogP contribution in [0.4, 0.5) is 5.69 Å². The second kappa shape index (κ2) is 5.81. The standard InChI is InChI=1S/C17H18N4O2/c1-10-8-11(2)21-16(19-10)15(9-18-21)17(23)20-14-6-4-13(5-7-14)12(3)22/h4-9,12,22H,1-3H3,(H,20,23). The van der Waals surface area contributed by atoms with Gasteiger partial charge in [-0.05, 0) is 44.5 Å². The molecule has 0 radical (unpaired) electrons. The highest BCUT2D eigenvalue weighted by Crippen LogP contribution is 2.18. The minimum absolute atomic E-state index is 0.262. The van der Waals surface area contributed by atoms with Gasteiger partial charge in [0, 0.05) is 17.1 Å². The fourth-order valence-electron chi connectivity index (χ4n) is 2.47. The van der Waals surface area contributed by atoms with Crippen LogP contribution >= 0.6 is 0 Å². The lowest BCUT2D eigenvalue weighted by atomic mass is 10.1. The van der Waals surface area contributed by atoms with Crippen molar-refractivity contribution in [1.82, 2.24) is 14.6 Å². The summed E-state index contributed by atoms with van der Waals surface area (Å²) in [7, 11) is 0. The largest absolute Gasteiger partial charge is 0.389 e. The summed E-state index contributed by atoms with van der Waals surface area (Å²) in [6.07, 6.45) is 0.989. The van der Waals surface area contributed by atoms with Gasteiger partial charge in [-0.15, -0.1) is 0 Å². The quantitative estimate of drug-likeness (QED) is 0.779. The highest BCUT2D eigenvalue weighted by atomic mass is 16.3. The van der Waals surface area contributed by atoms with Gasteiger partial charge in [0.2, 0.25) is 0 Å².